The second-order valence-corrected chi connectivity index (χ2v) is 7.57. The highest BCUT2D eigenvalue weighted by Crippen LogP contribution is 2.23. The summed E-state index contributed by atoms with van der Waals surface area (Å²) in [5.74, 6) is 0.897. The number of benzene rings is 2. The van der Waals surface area contributed by atoms with Crippen molar-refractivity contribution in [3.8, 4) is 11.4 Å². The summed E-state index contributed by atoms with van der Waals surface area (Å²) in [4.78, 5) is 3.98. The van der Waals surface area contributed by atoms with Gasteiger partial charge in [-0.3, -0.25) is 0 Å². The van der Waals surface area contributed by atoms with Crippen molar-refractivity contribution in [1.29, 1.82) is 0 Å². The van der Waals surface area contributed by atoms with Gasteiger partial charge >= 0.3 is 0 Å². The van der Waals surface area contributed by atoms with E-state index in [1.54, 1.807) is 12.0 Å². The van der Waals surface area contributed by atoms with E-state index >= 15 is 0 Å². The normalized spacial score (nSPS) is 15.0. The molecule has 1 aromatic heterocycles. The first kappa shape index (κ1) is 18.8. The maximum absolute atomic E-state index is 6.70. The van der Waals surface area contributed by atoms with Crippen molar-refractivity contribution in [2.45, 2.75) is 13.5 Å². The molecule has 2 heterocycles. The Morgan fingerprint density at radius 2 is 1.68 bits per heavy atom. The number of nitrogens with one attached hydrogen (secondary N) is 1. The minimum Gasteiger partial charge on any atom is -0.497 e. The topological polar surface area (TPSA) is 34.7 Å². The molecule has 1 fully saturated rings. The highest BCUT2D eigenvalue weighted by Gasteiger charge is 2.24. The zero-order valence-corrected chi connectivity index (χ0v) is 17.1. The third-order valence-corrected chi connectivity index (χ3v) is 5.85. The number of halogens is 1. The number of piperazine rings is 1. The molecule has 0 amide bonds. The lowest BCUT2D eigenvalue weighted by Gasteiger charge is -2.33. The molecule has 0 atom stereocenters. The van der Waals surface area contributed by atoms with E-state index in [4.69, 9.17) is 16.3 Å². The van der Waals surface area contributed by atoms with E-state index in [9.17, 15) is 0 Å². The second-order valence-electron chi connectivity index (χ2n) is 7.21. The van der Waals surface area contributed by atoms with Crippen LogP contribution in [0.2, 0.25) is 5.15 Å². The zero-order chi connectivity index (χ0) is 19.5. The summed E-state index contributed by atoms with van der Waals surface area (Å²) in [6.07, 6.45) is 0. The Balaban J connectivity index is 1.42. The molecule has 5 nitrogen and oxygen atoms in total. The Bertz CT molecular complexity index is 916. The van der Waals surface area contributed by atoms with Gasteiger partial charge in [0.05, 0.1) is 50.2 Å². The van der Waals surface area contributed by atoms with E-state index in [1.807, 2.05) is 54.1 Å². The van der Waals surface area contributed by atoms with Crippen LogP contribution in [0.5, 0.6) is 5.75 Å². The van der Waals surface area contributed by atoms with Crippen LogP contribution in [-0.4, -0.2) is 43.1 Å². The van der Waals surface area contributed by atoms with Gasteiger partial charge in [-0.2, -0.15) is 5.10 Å². The summed E-state index contributed by atoms with van der Waals surface area (Å²) in [5, 5.41) is 5.40. The molecule has 2 aromatic carbocycles. The first-order chi connectivity index (χ1) is 13.7. The maximum atomic E-state index is 6.70. The van der Waals surface area contributed by atoms with Gasteiger partial charge < -0.3 is 14.5 Å². The maximum Gasteiger partial charge on any atom is 0.142 e. The molecule has 6 heteroatoms. The Morgan fingerprint density at radius 1 is 1.00 bits per heavy atom. The van der Waals surface area contributed by atoms with E-state index in [-0.39, 0.29) is 0 Å². The van der Waals surface area contributed by atoms with Crippen LogP contribution in [0.25, 0.3) is 5.69 Å². The summed E-state index contributed by atoms with van der Waals surface area (Å²) in [6, 6.07) is 18.4. The fraction of sp³-hybridized carbons (Fsp3) is 0.318. The number of hydrogen-bond donors (Lipinski definition) is 1. The fourth-order valence-electron chi connectivity index (χ4n) is 3.77. The van der Waals surface area contributed by atoms with Crippen LogP contribution in [0.4, 0.5) is 5.69 Å². The summed E-state index contributed by atoms with van der Waals surface area (Å²) in [5.41, 5.74) is 4.42. The number of hydrogen-bond acceptors (Lipinski definition) is 3. The monoisotopic (exact) mass is 397 g/mol. The van der Waals surface area contributed by atoms with E-state index in [1.165, 1.54) is 5.69 Å². The molecule has 1 saturated heterocycles. The van der Waals surface area contributed by atoms with E-state index in [0.29, 0.717) is 0 Å². The van der Waals surface area contributed by atoms with E-state index in [0.717, 1.165) is 60.6 Å². The number of rotatable bonds is 5. The third-order valence-electron chi connectivity index (χ3n) is 5.46. The number of para-hydroxylation sites is 1. The molecule has 4 rings (SSSR count). The Kier molecular flexibility index (Phi) is 5.55. The fourth-order valence-corrected chi connectivity index (χ4v) is 4.11. The molecule has 0 spiro atoms. The number of methoxy groups -OCH3 is 1. The largest absolute Gasteiger partial charge is 0.497 e. The molecule has 3 aromatic rings. The van der Waals surface area contributed by atoms with Crippen LogP contribution in [0.1, 0.15) is 11.3 Å². The average Bonchev–Trinajstić information content (AvgIpc) is 3.03. The molecule has 0 saturated carbocycles. The molecular weight excluding hydrogens is 372 g/mol. The number of ether oxygens (including phenoxy) is 1. The molecule has 0 aliphatic carbocycles. The summed E-state index contributed by atoms with van der Waals surface area (Å²) < 4.78 is 7.10. The quantitative estimate of drug-likeness (QED) is 0.719. The predicted octanol–water partition coefficient (Wildman–Crippen LogP) is 2.75. The van der Waals surface area contributed by atoms with Crippen LogP contribution < -0.4 is 14.5 Å². The summed E-state index contributed by atoms with van der Waals surface area (Å²) in [7, 11) is 1.70. The molecule has 0 unspecified atom stereocenters. The lowest BCUT2D eigenvalue weighted by Crippen LogP contribution is -3.13. The van der Waals surface area contributed by atoms with Crippen molar-refractivity contribution >= 4 is 17.3 Å². The van der Waals surface area contributed by atoms with Gasteiger partial charge in [0.25, 0.3) is 0 Å². The van der Waals surface area contributed by atoms with Gasteiger partial charge in [-0.1, -0.05) is 29.8 Å². The highest BCUT2D eigenvalue weighted by atomic mass is 35.5. The van der Waals surface area contributed by atoms with Crippen molar-refractivity contribution in [2.75, 3.05) is 38.2 Å². The molecule has 28 heavy (non-hydrogen) atoms. The minimum absolute atomic E-state index is 0.730. The minimum atomic E-state index is 0.730. The van der Waals surface area contributed by atoms with Crippen LogP contribution in [0.3, 0.4) is 0 Å². The second kappa shape index (κ2) is 8.25. The smallest absolute Gasteiger partial charge is 0.142 e. The lowest BCUT2D eigenvalue weighted by molar-refractivity contribution is -0.914. The molecule has 0 bridgehead atoms. The van der Waals surface area contributed by atoms with Gasteiger partial charge in [-0.15, -0.1) is 0 Å². The molecular formula is C22H26ClN4O+. The van der Waals surface area contributed by atoms with Crippen molar-refractivity contribution in [3.05, 3.63) is 71.0 Å². The van der Waals surface area contributed by atoms with Crippen molar-refractivity contribution in [1.82, 2.24) is 9.78 Å². The zero-order valence-electron chi connectivity index (χ0n) is 16.4. The Hall–Kier alpha value is -2.50. The van der Waals surface area contributed by atoms with Crippen LogP contribution in [-0.2, 0) is 6.54 Å². The number of quaternary nitrogens is 1. The van der Waals surface area contributed by atoms with Gasteiger partial charge in [-0.05, 0) is 43.3 Å². The molecule has 1 aliphatic rings. The number of aromatic nitrogens is 2. The first-order valence-electron chi connectivity index (χ1n) is 9.67. The molecule has 1 N–H and O–H groups in total. The number of aryl methyl sites for hydroxylation is 1. The Labute approximate surface area is 171 Å². The SMILES string of the molecule is COc1ccc(N2CC[NH+](Cc3c(C)nn(-c4ccccc4)c3Cl)CC2)cc1. The van der Waals surface area contributed by atoms with E-state index in [2.05, 4.69) is 22.1 Å². The highest BCUT2D eigenvalue weighted by molar-refractivity contribution is 6.30. The van der Waals surface area contributed by atoms with Crippen molar-refractivity contribution in [2.24, 2.45) is 0 Å². The third kappa shape index (κ3) is 3.86. The van der Waals surface area contributed by atoms with Crippen LogP contribution >= 0.6 is 11.6 Å². The predicted molar refractivity (Wildman–Crippen MR) is 113 cm³/mol. The van der Waals surface area contributed by atoms with Gasteiger partial charge in [0.15, 0.2) is 0 Å². The van der Waals surface area contributed by atoms with Crippen LogP contribution in [0.15, 0.2) is 54.6 Å². The van der Waals surface area contributed by atoms with Gasteiger partial charge in [-0.25, -0.2) is 4.68 Å². The molecule has 1 aliphatic heterocycles. The average molecular weight is 398 g/mol. The van der Waals surface area contributed by atoms with Gasteiger partial charge in [0, 0.05) is 5.69 Å². The number of anilines is 1. The summed E-state index contributed by atoms with van der Waals surface area (Å²) >= 11 is 6.70. The van der Waals surface area contributed by atoms with Crippen molar-refractivity contribution < 1.29 is 9.64 Å². The lowest BCUT2D eigenvalue weighted by atomic mass is 10.2. The van der Waals surface area contributed by atoms with Crippen molar-refractivity contribution in [3.63, 3.8) is 0 Å². The van der Waals surface area contributed by atoms with E-state index < -0.39 is 0 Å². The molecule has 0 radical (unpaired) electrons. The molecule has 146 valence electrons. The number of nitrogens with zero attached hydrogens (tertiary/aromatic N) is 3. The van der Waals surface area contributed by atoms with Crippen LogP contribution in [0, 0.1) is 6.92 Å². The summed E-state index contributed by atoms with van der Waals surface area (Å²) in [6.45, 7) is 7.19. The Morgan fingerprint density at radius 3 is 2.32 bits per heavy atom. The van der Waals surface area contributed by atoms with Gasteiger partial charge in [0.2, 0.25) is 0 Å². The standard InChI is InChI=1S/C22H25ClN4O/c1-17-21(22(23)27(24-17)19-6-4-3-5-7-19)16-25-12-14-26(15-13-25)18-8-10-20(28-2)11-9-18/h3-11H,12-16H2,1-2H3/p+1. The van der Waals surface area contributed by atoms with Gasteiger partial charge in [0.1, 0.15) is 17.4 Å². The first-order valence-corrected chi connectivity index (χ1v) is 10.1.